The van der Waals surface area contributed by atoms with Gasteiger partial charge in [0.25, 0.3) is 0 Å². The number of methoxy groups -OCH3 is 1. The fourth-order valence-corrected chi connectivity index (χ4v) is 2.29. The molecule has 4 nitrogen and oxygen atoms in total. The van der Waals surface area contributed by atoms with Crippen LogP contribution in [0.4, 0.5) is 0 Å². The van der Waals surface area contributed by atoms with Crippen molar-refractivity contribution in [2.75, 3.05) is 7.11 Å². The van der Waals surface area contributed by atoms with Crippen LogP contribution in [0.5, 0.6) is 5.88 Å². The first-order valence-electron chi connectivity index (χ1n) is 6.11. The summed E-state index contributed by atoms with van der Waals surface area (Å²) in [6, 6.07) is 8.18. The normalized spacial score (nSPS) is 10.9. The van der Waals surface area contributed by atoms with Gasteiger partial charge >= 0.3 is 0 Å². The van der Waals surface area contributed by atoms with Crippen LogP contribution in [0.3, 0.4) is 0 Å². The predicted octanol–water partition coefficient (Wildman–Crippen LogP) is 2.95. The van der Waals surface area contributed by atoms with Gasteiger partial charge in [0.1, 0.15) is 0 Å². The highest BCUT2D eigenvalue weighted by molar-refractivity contribution is 5.87. The quantitative estimate of drug-likeness (QED) is 0.705. The van der Waals surface area contributed by atoms with E-state index in [1.165, 1.54) is 0 Å². The smallest absolute Gasteiger partial charge is 0.213 e. The monoisotopic (exact) mass is 253 g/mol. The molecular formula is C15H15N3O. The van der Waals surface area contributed by atoms with Gasteiger partial charge < -0.3 is 9.30 Å². The van der Waals surface area contributed by atoms with Crippen molar-refractivity contribution in [3.05, 3.63) is 42.4 Å². The Morgan fingerprint density at radius 1 is 1.21 bits per heavy atom. The fourth-order valence-electron chi connectivity index (χ4n) is 2.29. The maximum absolute atomic E-state index is 5.17. The molecule has 3 rings (SSSR count). The van der Waals surface area contributed by atoms with Crippen LogP contribution in [0.25, 0.3) is 22.2 Å². The third-order valence-corrected chi connectivity index (χ3v) is 3.28. The Kier molecular flexibility index (Phi) is 2.71. The molecule has 19 heavy (non-hydrogen) atoms. The lowest BCUT2D eigenvalue weighted by Crippen LogP contribution is -1.93. The summed E-state index contributed by atoms with van der Waals surface area (Å²) in [5.74, 6) is 0.642. The van der Waals surface area contributed by atoms with E-state index in [9.17, 15) is 0 Å². The minimum absolute atomic E-state index is 0.642. The average molecular weight is 253 g/mol. The molecule has 2 heterocycles. The SMILES string of the molecule is COc1ccc2cc(-c3cncn3C)cc(C)c2n1. The van der Waals surface area contributed by atoms with Crippen LogP contribution in [-0.4, -0.2) is 21.6 Å². The molecule has 0 aliphatic rings. The molecule has 0 amide bonds. The first-order valence-corrected chi connectivity index (χ1v) is 6.11. The highest BCUT2D eigenvalue weighted by Gasteiger charge is 2.08. The molecule has 0 atom stereocenters. The van der Waals surface area contributed by atoms with Crippen molar-refractivity contribution in [2.45, 2.75) is 6.92 Å². The zero-order chi connectivity index (χ0) is 13.4. The van der Waals surface area contributed by atoms with Crippen LogP contribution in [-0.2, 0) is 7.05 Å². The Bertz CT molecular complexity index is 746. The van der Waals surface area contributed by atoms with Gasteiger partial charge in [-0.3, -0.25) is 0 Å². The summed E-state index contributed by atoms with van der Waals surface area (Å²) in [7, 11) is 3.63. The number of fused-ring (bicyclic) bond motifs is 1. The molecule has 4 heteroatoms. The Morgan fingerprint density at radius 2 is 2.05 bits per heavy atom. The van der Waals surface area contributed by atoms with Gasteiger partial charge in [0.05, 0.1) is 30.8 Å². The van der Waals surface area contributed by atoms with Gasteiger partial charge in [0.15, 0.2) is 0 Å². The van der Waals surface area contributed by atoms with E-state index in [2.05, 4.69) is 29.0 Å². The van der Waals surface area contributed by atoms with Crippen LogP contribution in [0.15, 0.2) is 36.8 Å². The van der Waals surface area contributed by atoms with E-state index in [1.54, 1.807) is 13.4 Å². The summed E-state index contributed by atoms with van der Waals surface area (Å²) in [5.41, 5.74) is 4.36. The van der Waals surface area contributed by atoms with Gasteiger partial charge in [-0.15, -0.1) is 0 Å². The number of aromatic nitrogens is 3. The van der Waals surface area contributed by atoms with E-state index in [0.29, 0.717) is 5.88 Å². The van der Waals surface area contributed by atoms with Gasteiger partial charge in [-0.1, -0.05) is 0 Å². The summed E-state index contributed by atoms with van der Waals surface area (Å²) in [6.07, 6.45) is 3.68. The molecule has 1 aromatic carbocycles. The molecule has 0 unspecified atom stereocenters. The number of hydrogen-bond acceptors (Lipinski definition) is 3. The summed E-state index contributed by atoms with van der Waals surface area (Å²) in [6.45, 7) is 2.06. The lowest BCUT2D eigenvalue weighted by atomic mass is 10.0. The first-order chi connectivity index (χ1) is 9.19. The number of hydrogen-bond donors (Lipinski definition) is 0. The largest absolute Gasteiger partial charge is 0.481 e. The number of imidazole rings is 1. The maximum Gasteiger partial charge on any atom is 0.213 e. The molecule has 0 bridgehead atoms. The molecule has 0 spiro atoms. The Hall–Kier alpha value is -2.36. The van der Waals surface area contributed by atoms with Crippen molar-refractivity contribution in [3.63, 3.8) is 0 Å². The third-order valence-electron chi connectivity index (χ3n) is 3.28. The topological polar surface area (TPSA) is 39.9 Å². The number of benzene rings is 1. The number of rotatable bonds is 2. The highest BCUT2D eigenvalue weighted by atomic mass is 16.5. The Morgan fingerprint density at radius 3 is 2.74 bits per heavy atom. The molecule has 0 aliphatic carbocycles. The van der Waals surface area contributed by atoms with E-state index < -0.39 is 0 Å². The van der Waals surface area contributed by atoms with Crippen LogP contribution in [0.1, 0.15) is 5.56 Å². The molecule has 2 aromatic heterocycles. The zero-order valence-electron chi connectivity index (χ0n) is 11.2. The van der Waals surface area contributed by atoms with E-state index in [-0.39, 0.29) is 0 Å². The second kappa shape index (κ2) is 4.39. The highest BCUT2D eigenvalue weighted by Crippen LogP contribution is 2.27. The average Bonchev–Trinajstić information content (AvgIpc) is 2.84. The van der Waals surface area contributed by atoms with Crippen molar-refractivity contribution in [2.24, 2.45) is 7.05 Å². The lowest BCUT2D eigenvalue weighted by molar-refractivity contribution is 0.399. The molecule has 0 fully saturated rings. The minimum Gasteiger partial charge on any atom is -0.481 e. The molecule has 0 saturated carbocycles. The molecule has 0 N–H and O–H groups in total. The first kappa shape index (κ1) is 11.7. The molecule has 3 aromatic rings. The van der Waals surface area contributed by atoms with E-state index in [1.807, 2.05) is 29.9 Å². The summed E-state index contributed by atoms with van der Waals surface area (Å²) in [4.78, 5) is 8.66. The lowest BCUT2D eigenvalue weighted by Gasteiger charge is -2.08. The van der Waals surface area contributed by atoms with Crippen molar-refractivity contribution >= 4 is 10.9 Å². The Labute approximate surface area is 111 Å². The van der Waals surface area contributed by atoms with Crippen LogP contribution in [0.2, 0.25) is 0 Å². The number of aryl methyl sites for hydroxylation is 2. The van der Waals surface area contributed by atoms with E-state index in [0.717, 1.165) is 27.7 Å². The van der Waals surface area contributed by atoms with Crippen molar-refractivity contribution in [3.8, 4) is 17.1 Å². The van der Waals surface area contributed by atoms with Gasteiger partial charge in [0.2, 0.25) is 5.88 Å². The number of ether oxygens (including phenoxy) is 1. The Balaban J connectivity index is 2.23. The number of pyridine rings is 1. The molecular weight excluding hydrogens is 238 g/mol. The molecule has 96 valence electrons. The minimum atomic E-state index is 0.642. The van der Waals surface area contributed by atoms with Crippen LogP contribution in [0, 0.1) is 6.92 Å². The van der Waals surface area contributed by atoms with Crippen LogP contribution >= 0.6 is 0 Å². The van der Waals surface area contributed by atoms with Gasteiger partial charge in [-0.05, 0) is 30.7 Å². The van der Waals surface area contributed by atoms with Crippen molar-refractivity contribution in [1.82, 2.24) is 14.5 Å². The van der Waals surface area contributed by atoms with E-state index >= 15 is 0 Å². The van der Waals surface area contributed by atoms with Gasteiger partial charge in [0, 0.05) is 24.1 Å². The maximum atomic E-state index is 5.17. The summed E-state index contributed by atoms with van der Waals surface area (Å²) >= 11 is 0. The van der Waals surface area contributed by atoms with Crippen LogP contribution < -0.4 is 4.74 Å². The summed E-state index contributed by atoms with van der Waals surface area (Å²) < 4.78 is 7.19. The summed E-state index contributed by atoms with van der Waals surface area (Å²) in [5, 5.41) is 1.11. The third kappa shape index (κ3) is 1.95. The van der Waals surface area contributed by atoms with Crippen molar-refractivity contribution < 1.29 is 4.74 Å². The van der Waals surface area contributed by atoms with Crippen molar-refractivity contribution in [1.29, 1.82) is 0 Å². The standard InChI is InChI=1S/C15H15N3O/c1-10-6-12(13-8-16-9-18(13)2)7-11-4-5-14(19-3)17-15(10)11/h4-9H,1-3H3. The number of nitrogens with zero attached hydrogens (tertiary/aromatic N) is 3. The second-order valence-corrected chi connectivity index (χ2v) is 4.61. The molecule has 0 saturated heterocycles. The fraction of sp³-hybridized carbons (Fsp3) is 0.200. The molecule has 0 aliphatic heterocycles. The zero-order valence-corrected chi connectivity index (χ0v) is 11.2. The molecule has 0 radical (unpaired) electrons. The second-order valence-electron chi connectivity index (χ2n) is 4.61. The predicted molar refractivity (Wildman–Crippen MR) is 75.2 cm³/mol. The van der Waals surface area contributed by atoms with Gasteiger partial charge in [-0.2, -0.15) is 0 Å². The van der Waals surface area contributed by atoms with Gasteiger partial charge in [-0.25, -0.2) is 9.97 Å². The van der Waals surface area contributed by atoms with E-state index in [4.69, 9.17) is 4.74 Å².